The lowest BCUT2D eigenvalue weighted by Crippen LogP contribution is -2.21. The summed E-state index contributed by atoms with van der Waals surface area (Å²) in [5.74, 6) is 0.723. The minimum absolute atomic E-state index is 0.272. The van der Waals surface area contributed by atoms with E-state index in [1.165, 1.54) is 11.8 Å². The van der Waals surface area contributed by atoms with Gasteiger partial charge in [-0.15, -0.1) is 0 Å². The second kappa shape index (κ2) is 7.88. The molecule has 0 saturated heterocycles. The lowest BCUT2D eigenvalue weighted by Gasteiger charge is -2.16. The molecule has 0 aliphatic carbocycles. The third-order valence-electron chi connectivity index (χ3n) is 3.06. The summed E-state index contributed by atoms with van der Waals surface area (Å²) < 4.78 is 22.3. The number of benzene rings is 1. The van der Waals surface area contributed by atoms with Crippen molar-refractivity contribution < 1.29 is 8.42 Å². The summed E-state index contributed by atoms with van der Waals surface area (Å²) in [5.41, 5.74) is 1.24. The lowest BCUT2D eigenvalue weighted by atomic mass is 9.95. The molecule has 0 amide bonds. The van der Waals surface area contributed by atoms with Gasteiger partial charge in [0, 0.05) is 17.0 Å². The van der Waals surface area contributed by atoms with Gasteiger partial charge in [0.2, 0.25) is 0 Å². The molecule has 0 aromatic heterocycles. The molecule has 1 rings (SSSR count). The van der Waals surface area contributed by atoms with Gasteiger partial charge in [0.15, 0.2) is 0 Å². The van der Waals surface area contributed by atoms with Crippen LogP contribution in [0, 0.1) is 5.92 Å². The van der Waals surface area contributed by atoms with Crippen molar-refractivity contribution in [3.05, 3.63) is 34.9 Å². The summed E-state index contributed by atoms with van der Waals surface area (Å²) in [6, 6.07) is 7.84. The molecule has 1 N–H and O–H groups in total. The van der Waals surface area contributed by atoms with E-state index in [1.54, 1.807) is 0 Å². The zero-order chi connectivity index (χ0) is 14.3. The van der Waals surface area contributed by atoms with Crippen LogP contribution >= 0.6 is 11.6 Å². The van der Waals surface area contributed by atoms with Crippen LogP contribution in [0.15, 0.2) is 24.3 Å². The van der Waals surface area contributed by atoms with E-state index in [0.717, 1.165) is 30.8 Å². The van der Waals surface area contributed by atoms with Crippen molar-refractivity contribution >= 4 is 21.4 Å². The second-order valence-corrected chi connectivity index (χ2v) is 7.72. The van der Waals surface area contributed by atoms with Crippen LogP contribution in [0.3, 0.4) is 0 Å². The number of nitrogens with one attached hydrogen (secondary N) is 1. The minimum Gasteiger partial charge on any atom is -0.319 e. The Hall–Kier alpha value is -0.580. The Morgan fingerprint density at radius 2 is 1.89 bits per heavy atom. The van der Waals surface area contributed by atoms with E-state index in [-0.39, 0.29) is 5.75 Å². The maximum absolute atomic E-state index is 11.1. The molecule has 0 aliphatic rings. The lowest BCUT2D eigenvalue weighted by molar-refractivity contribution is 0.455. The Bertz CT molecular complexity index is 471. The number of hydrogen-bond donors (Lipinski definition) is 1. The van der Waals surface area contributed by atoms with Gasteiger partial charge in [-0.3, -0.25) is 0 Å². The monoisotopic (exact) mass is 303 g/mol. The fourth-order valence-corrected chi connectivity index (χ4v) is 2.97. The summed E-state index contributed by atoms with van der Waals surface area (Å²) in [7, 11) is -0.929. The first-order chi connectivity index (χ1) is 8.90. The topological polar surface area (TPSA) is 46.2 Å². The Morgan fingerprint density at radius 1 is 1.26 bits per heavy atom. The molecule has 0 aliphatic heterocycles. The molecular weight excluding hydrogens is 282 g/mol. The van der Waals surface area contributed by atoms with Crippen LogP contribution in [0.1, 0.15) is 18.4 Å². The van der Waals surface area contributed by atoms with Crippen molar-refractivity contribution in [2.45, 2.75) is 19.3 Å². The Morgan fingerprint density at radius 3 is 2.42 bits per heavy atom. The standard InChI is InChI=1S/C14H22ClNO2S/c1-16-11-13(4-3-9-19(2,17)18)10-12-5-7-14(15)8-6-12/h5-8,13,16H,3-4,9-11H2,1-2H3. The van der Waals surface area contributed by atoms with Gasteiger partial charge in [-0.25, -0.2) is 8.42 Å². The van der Waals surface area contributed by atoms with E-state index < -0.39 is 9.84 Å². The molecule has 1 aromatic rings. The zero-order valence-electron chi connectivity index (χ0n) is 11.5. The van der Waals surface area contributed by atoms with Crippen molar-refractivity contribution in [2.75, 3.05) is 25.6 Å². The number of hydrogen-bond acceptors (Lipinski definition) is 3. The Labute approximate surface area is 121 Å². The molecule has 108 valence electrons. The highest BCUT2D eigenvalue weighted by Gasteiger charge is 2.11. The van der Waals surface area contributed by atoms with Crippen LogP contribution in [0.4, 0.5) is 0 Å². The fraction of sp³-hybridized carbons (Fsp3) is 0.571. The van der Waals surface area contributed by atoms with Crippen molar-refractivity contribution in [3.63, 3.8) is 0 Å². The SMILES string of the molecule is CNCC(CCCS(C)(=O)=O)Cc1ccc(Cl)cc1. The molecular formula is C14H22ClNO2S. The highest BCUT2D eigenvalue weighted by atomic mass is 35.5. The molecule has 3 nitrogen and oxygen atoms in total. The van der Waals surface area contributed by atoms with Gasteiger partial charge in [-0.2, -0.15) is 0 Å². The first-order valence-electron chi connectivity index (χ1n) is 6.47. The van der Waals surface area contributed by atoms with E-state index in [9.17, 15) is 8.42 Å². The van der Waals surface area contributed by atoms with Crippen LogP contribution in [0.25, 0.3) is 0 Å². The third kappa shape index (κ3) is 7.55. The quantitative estimate of drug-likeness (QED) is 0.803. The largest absolute Gasteiger partial charge is 0.319 e. The smallest absolute Gasteiger partial charge is 0.147 e. The summed E-state index contributed by atoms with van der Waals surface area (Å²) in [6.45, 7) is 0.895. The second-order valence-electron chi connectivity index (χ2n) is 5.03. The molecule has 0 radical (unpaired) electrons. The van der Waals surface area contributed by atoms with E-state index in [4.69, 9.17) is 11.6 Å². The molecule has 1 unspecified atom stereocenters. The highest BCUT2D eigenvalue weighted by Crippen LogP contribution is 2.16. The third-order valence-corrected chi connectivity index (χ3v) is 4.34. The van der Waals surface area contributed by atoms with E-state index in [0.29, 0.717) is 5.92 Å². The maximum atomic E-state index is 11.1. The molecule has 0 heterocycles. The van der Waals surface area contributed by atoms with Crippen LogP contribution in [-0.2, 0) is 16.3 Å². The minimum atomic E-state index is -2.85. The van der Waals surface area contributed by atoms with Crippen molar-refractivity contribution in [2.24, 2.45) is 5.92 Å². The van der Waals surface area contributed by atoms with Gasteiger partial charge in [0.05, 0.1) is 0 Å². The molecule has 0 bridgehead atoms. The molecule has 0 spiro atoms. The molecule has 0 fully saturated rings. The van der Waals surface area contributed by atoms with Crippen LogP contribution in [-0.4, -0.2) is 34.0 Å². The van der Waals surface area contributed by atoms with E-state index in [1.807, 2.05) is 31.3 Å². The van der Waals surface area contributed by atoms with Gasteiger partial charge < -0.3 is 5.32 Å². The fourth-order valence-electron chi connectivity index (χ4n) is 2.15. The van der Waals surface area contributed by atoms with Crippen molar-refractivity contribution in [1.29, 1.82) is 0 Å². The Kier molecular flexibility index (Phi) is 6.83. The molecule has 0 saturated carbocycles. The summed E-state index contributed by atoms with van der Waals surface area (Å²) in [6.07, 6.45) is 3.87. The number of sulfone groups is 1. The molecule has 5 heteroatoms. The van der Waals surface area contributed by atoms with Crippen molar-refractivity contribution in [3.8, 4) is 0 Å². The van der Waals surface area contributed by atoms with Gasteiger partial charge in [-0.05, 0) is 56.5 Å². The first-order valence-corrected chi connectivity index (χ1v) is 8.91. The average Bonchev–Trinajstić information content (AvgIpc) is 2.30. The number of halogens is 1. The predicted molar refractivity (Wildman–Crippen MR) is 81.5 cm³/mol. The zero-order valence-corrected chi connectivity index (χ0v) is 13.1. The number of rotatable bonds is 8. The summed E-state index contributed by atoms with van der Waals surface area (Å²) in [4.78, 5) is 0. The molecule has 19 heavy (non-hydrogen) atoms. The average molecular weight is 304 g/mol. The van der Waals surface area contributed by atoms with Crippen LogP contribution < -0.4 is 5.32 Å². The van der Waals surface area contributed by atoms with E-state index >= 15 is 0 Å². The van der Waals surface area contributed by atoms with Gasteiger partial charge in [0.1, 0.15) is 9.84 Å². The Balaban J connectivity index is 2.50. The maximum Gasteiger partial charge on any atom is 0.147 e. The van der Waals surface area contributed by atoms with Crippen molar-refractivity contribution in [1.82, 2.24) is 5.32 Å². The summed E-state index contributed by atoms with van der Waals surface area (Å²) >= 11 is 5.86. The highest BCUT2D eigenvalue weighted by molar-refractivity contribution is 7.90. The van der Waals surface area contributed by atoms with Gasteiger partial charge in [-0.1, -0.05) is 23.7 Å². The first kappa shape index (κ1) is 16.5. The van der Waals surface area contributed by atoms with Crippen LogP contribution in [0.5, 0.6) is 0 Å². The van der Waals surface area contributed by atoms with Gasteiger partial charge >= 0.3 is 0 Å². The predicted octanol–water partition coefficient (Wildman–Crippen LogP) is 2.54. The molecule has 1 aromatic carbocycles. The summed E-state index contributed by atoms with van der Waals surface area (Å²) in [5, 5.41) is 3.91. The molecule has 1 atom stereocenters. The normalized spacial score (nSPS) is 13.4. The van der Waals surface area contributed by atoms with E-state index in [2.05, 4.69) is 5.32 Å². The van der Waals surface area contributed by atoms with Crippen LogP contribution in [0.2, 0.25) is 5.02 Å². The van der Waals surface area contributed by atoms with Gasteiger partial charge in [0.25, 0.3) is 0 Å².